The molecule has 1 aliphatic heterocycles. The van der Waals surface area contributed by atoms with Crippen LogP contribution in [0.4, 0.5) is 13.2 Å². The molecule has 0 aromatic heterocycles. The van der Waals surface area contributed by atoms with Gasteiger partial charge >= 0.3 is 21.6 Å². The fourth-order valence-corrected chi connectivity index (χ4v) is 5.39. The maximum absolute atomic E-state index is 13.1. The van der Waals surface area contributed by atoms with Crippen molar-refractivity contribution in [2.75, 3.05) is 6.61 Å². The second-order valence-electron chi connectivity index (χ2n) is 11.4. The molecule has 14 heteroatoms. The van der Waals surface area contributed by atoms with Gasteiger partial charge in [0.2, 0.25) is 0 Å². The zero-order valence-corrected chi connectivity index (χ0v) is 23.8. The van der Waals surface area contributed by atoms with Crippen LogP contribution in [0.2, 0.25) is 36.3 Å². The molecule has 0 unspecified atom stereocenters. The molecule has 1 rings (SSSR count). The second kappa shape index (κ2) is 9.50. The third kappa shape index (κ3) is 7.01. The largest absolute Gasteiger partial charge is 0.523 e. The van der Waals surface area contributed by atoms with E-state index in [0.29, 0.717) is 0 Å². The van der Waals surface area contributed by atoms with Gasteiger partial charge in [0, 0.05) is 0 Å². The summed E-state index contributed by atoms with van der Waals surface area (Å²) in [5.41, 5.74) is 0.301. The van der Waals surface area contributed by atoms with Crippen LogP contribution in [-0.2, 0) is 32.7 Å². The van der Waals surface area contributed by atoms with Crippen molar-refractivity contribution in [1.82, 2.24) is 0 Å². The Balaban J connectivity index is 3.40. The molecule has 196 valence electrons. The van der Waals surface area contributed by atoms with Crippen molar-refractivity contribution in [3.05, 3.63) is 0 Å². The Morgan fingerprint density at radius 1 is 1.00 bits per heavy atom. The predicted molar refractivity (Wildman–Crippen MR) is 123 cm³/mol. The highest BCUT2D eigenvalue weighted by molar-refractivity contribution is 7.87. The summed E-state index contributed by atoms with van der Waals surface area (Å²) in [5, 5.41) is -0.644. The lowest BCUT2D eigenvalue weighted by Gasteiger charge is -2.41. The quantitative estimate of drug-likeness (QED) is 0.215. The van der Waals surface area contributed by atoms with E-state index in [2.05, 4.69) is 4.18 Å². The molecule has 0 aliphatic carbocycles. The molecule has 1 aliphatic rings. The minimum Gasteiger partial charge on any atom is -0.455 e. The number of ether oxygens (including phenoxy) is 1. The number of halogens is 3. The maximum atomic E-state index is 13.1. The minimum atomic E-state index is -6.01. The highest BCUT2D eigenvalue weighted by Gasteiger charge is 2.56. The van der Waals surface area contributed by atoms with Gasteiger partial charge in [0.05, 0.1) is 6.61 Å². The molecule has 8 nitrogen and oxygen atoms in total. The number of cyclic esters (lactones) is 1. The van der Waals surface area contributed by atoms with Crippen LogP contribution in [0.3, 0.4) is 0 Å². The highest BCUT2D eigenvalue weighted by atomic mass is 32.2. The van der Waals surface area contributed by atoms with Crippen LogP contribution in [0.5, 0.6) is 0 Å². The summed E-state index contributed by atoms with van der Waals surface area (Å²) in [6, 6.07) is -1.31. The topological polar surface area (TPSA) is 114 Å². The summed E-state index contributed by atoms with van der Waals surface area (Å²) in [4.78, 5) is 12.3. The number of esters is 1. The van der Waals surface area contributed by atoms with Gasteiger partial charge in [0.1, 0.15) is 18.2 Å². The van der Waals surface area contributed by atoms with Gasteiger partial charge in [0.15, 0.2) is 22.7 Å². The third-order valence-corrected chi connectivity index (χ3v) is 16.8. The summed E-state index contributed by atoms with van der Waals surface area (Å²) < 4.78 is 85.0. The van der Waals surface area contributed by atoms with Crippen molar-refractivity contribution in [3.63, 3.8) is 0 Å². The molecule has 33 heavy (non-hydrogen) atoms. The van der Waals surface area contributed by atoms with Crippen molar-refractivity contribution in [2.45, 2.75) is 108 Å². The molecule has 0 spiro atoms. The SMILES string of the molecule is CC(C)(C)[Si](C)(C)OC[C@H](OS(=O)(=O)C(F)(F)F)[C@H]1OC(=O)[C@H](N)[C@H]1O[Si](C)(C)C(C)(C)C. The highest BCUT2D eigenvalue weighted by Crippen LogP contribution is 2.41. The molecule has 1 saturated heterocycles. The van der Waals surface area contributed by atoms with Crippen LogP contribution in [0, 0.1) is 0 Å². The second-order valence-corrected chi connectivity index (χ2v) is 22.5. The van der Waals surface area contributed by atoms with Crippen LogP contribution >= 0.6 is 0 Å². The Morgan fingerprint density at radius 3 is 1.85 bits per heavy atom. The summed E-state index contributed by atoms with van der Waals surface area (Å²) in [7, 11) is -11.1. The van der Waals surface area contributed by atoms with Gasteiger partial charge in [-0.15, -0.1) is 0 Å². The van der Waals surface area contributed by atoms with Gasteiger partial charge < -0.3 is 19.3 Å². The van der Waals surface area contributed by atoms with E-state index in [1.54, 1.807) is 0 Å². The van der Waals surface area contributed by atoms with Crippen LogP contribution in [0.15, 0.2) is 0 Å². The lowest BCUT2D eigenvalue weighted by molar-refractivity contribution is -0.147. The number of nitrogens with two attached hydrogens (primary N) is 1. The molecule has 0 saturated carbocycles. The van der Waals surface area contributed by atoms with E-state index in [1.807, 2.05) is 67.7 Å². The first-order chi connectivity index (χ1) is 14.3. The standard InChI is InChI=1S/C19H38F3NO7SSi2/c1-17(2,3)32(7,8)27-11-12(29-31(25,26)19(20,21)22)14-15(13(23)16(24)28-14)30-33(9,10)18(4,5)6/h12-15H,11,23H2,1-10H3/t12-,13+,14+,15+/m0/s1. The molecular weight excluding hydrogens is 499 g/mol. The monoisotopic (exact) mass is 537 g/mol. The van der Waals surface area contributed by atoms with Gasteiger partial charge in [-0.05, 0) is 36.3 Å². The molecule has 2 N–H and O–H groups in total. The van der Waals surface area contributed by atoms with Gasteiger partial charge in [-0.3, -0.25) is 8.98 Å². The lowest BCUT2D eigenvalue weighted by Crippen LogP contribution is -2.55. The van der Waals surface area contributed by atoms with E-state index in [1.165, 1.54) is 0 Å². The Morgan fingerprint density at radius 2 is 1.45 bits per heavy atom. The molecule has 0 aromatic carbocycles. The molecule has 0 aromatic rings. The molecule has 0 amide bonds. The summed E-state index contributed by atoms with van der Waals surface area (Å²) in [6.45, 7) is 18.4. The molecule has 1 fully saturated rings. The summed E-state index contributed by atoms with van der Waals surface area (Å²) in [6.07, 6.45) is -4.49. The number of carbonyl (C=O) groups excluding carboxylic acids is 1. The van der Waals surface area contributed by atoms with Gasteiger partial charge in [0.25, 0.3) is 0 Å². The molecule has 0 bridgehead atoms. The van der Waals surface area contributed by atoms with Gasteiger partial charge in [-0.1, -0.05) is 41.5 Å². The molecular formula is C19H38F3NO7SSi2. The Bertz CT molecular complexity index is 821. The zero-order chi connectivity index (χ0) is 26.4. The normalized spacial score (nSPS) is 24.7. The number of alkyl halides is 3. The fourth-order valence-electron chi connectivity index (χ4n) is 2.46. The lowest BCUT2D eigenvalue weighted by atomic mass is 10.1. The van der Waals surface area contributed by atoms with Crippen molar-refractivity contribution in [1.29, 1.82) is 0 Å². The molecule has 4 atom stereocenters. The number of carbonyl (C=O) groups is 1. The first-order valence-electron chi connectivity index (χ1n) is 10.6. The van der Waals surface area contributed by atoms with E-state index in [-0.39, 0.29) is 10.1 Å². The van der Waals surface area contributed by atoms with Crippen LogP contribution in [0.25, 0.3) is 0 Å². The van der Waals surface area contributed by atoms with E-state index in [9.17, 15) is 26.4 Å². The van der Waals surface area contributed by atoms with E-state index >= 15 is 0 Å². The number of hydrogen-bond acceptors (Lipinski definition) is 8. The Hall–Kier alpha value is -0.516. The van der Waals surface area contributed by atoms with Crippen LogP contribution in [0.1, 0.15) is 41.5 Å². The molecule has 1 heterocycles. The first kappa shape index (κ1) is 30.5. The van der Waals surface area contributed by atoms with Crippen molar-refractivity contribution < 1.29 is 44.2 Å². The minimum absolute atomic E-state index is 0.319. The summed E-state index contributed by atoms with van der Waals surface area (Å²) >= 11 is 0. The number of hydrogen-bond donors (Lipinski definition) is 1. The van der Waals surface area contributed by atoms with Crippen LogP contribution in [-0.4, -0.2) is 67.5 Å². The molecule has 0 radical (unpaired) electrons. The summed E-state index contributed by atoms with van der Waals surface area (Å²) in [5.74, 6) is -0.908. The third-order valence-electron chi connectivity index (χ3n) is 6.75. The van der Waals surface area contributed by atoms with Crippen LogP contribution < -0.4 is 5.73 Å². The Labute approximate surface area is 197 Å². The Kier molecular flexibility index (Phi) is 8.79. The predicted octanol–water partition coefficient (Wildman–Crippen LogP) is 3.89. The average Bonchev–Trinajstić information content (AvgIpc) is 2.83. The van der Waals surface area contributed by atoms with Crippen molar-refractivity contribution >= 4 is 32.7 Å². The van der Waals surface area contributed by atoms with Gasteiger partial charge in [-0.2, -0.15) is 21.6 Å². The number of rotatable bonds is 8. The zero-order valence-electron chi connectivity index (χ0n) is 21.0. The average molecular weight is 538 g/mol. The smallest absolute Gasteiger partial charge is 0.455 e. The van der Waals surface area contributed by atoms with E-state index < -0.39 is 69.2 Å². The fraction of sp³-hybridized carbons (Fsp3) is 0.947. The van der Waals surface area contributed by atoms with E-state index in [0.717, 1.165) is 0 Å². The van der Waals surface area contributed by atoms with Gasteiger partial charge in [-0.25, -0.2) is 0 Å². The van der Waals surface area contributed by atoms with Crippen molar-refractivity contribution in [2.24, 2.45) is 5.73 Å². The first-order valence-corrected chi connectivity index (χ1v) is 17.8. The van der Waals surface area contributed by atoms with Crippen molar-refractivity contribution in [3.8, 4) is 0 Å². The maximum Gasteiger partial charge on any atom is 0.523 e. The van der Waals surface area contributed by atoms with E-state index in [4.69, 9.17) is 19.3 Å².